The third kappa shape index (κ3) is 2.62. The molecule has 0 N–H and O–H groups in total. The Bertz CT molecular complexity index is 452. The molecule has 0 spiro atoms. The van der Waals surface area contributed by atoms with Crippen molar-refractivity contribution in [1.29, 1.82) is 0 Å². The molecule has 0 fully saturated rings. The fraction of sp³-hybridized carbons (Fsp3) is 0.300. The molecule has 15 heavy (non-hydrogen) atoms. The Morgan fingerprint density at radius 3 is 2.93 bits per heavy atom. The second-order valence-corrected chi connectivity index (χ2v) is 3.97. The van der Waals surface area contributed by atoms with Gasteiger partial charge in [-0.2, -0.15) is 0 Å². The standard InChI is InChI=1S/C10H11BrN4/c1-8-2-9(5-12-4-8)6-15-7-10(3-11)13-14-15/h2,4-5,7H,3,6H2,1H3. The highest BCUT2D eigenvalue weighted by atomic mass is 79.9. The Morgan fingerprint density at radius 2 is 2.27 bits per heavy atom. The lowest BCUT2D eigenvalue weighted by Crippen LogP contribution is -2.01. The summed E-state index contributed by atoms with van der Waals surface area (Å²) < 4.78 is 1.81. The van der Waals surface area contributed by atoms with Crippen molar-refractivity contribution in [2.24, 2.45) is 0 Å². The van der Waals surface area contributed by atoms with Crippen molar-refractivity contribution >= 4 is 15.9 Å². The van der Waals surface area contributed by atoms with E-state index in [2.05, 4.69) is 37.3 Å². The van der Waals surface area contributed by atoms with Gasteiger partial charge in [-0.1, -0.05) is 27.2 Å². The van der Waals surface area contributed by atoms with E-state index in [1.165, 1.54) is 0 Å². The number of nitrogens with zero attached hydrogens (tertiary/aromatic N) is 4. The second kappa shape index (κ2) is 4.53. The highest BCUT2D eigenvalue weighted by Crippen LogP contribution is 2.05. The van der Waals surface area contributed by atoms with Gasteiger partial charge in [0.1, 0.15) is 0 Å². The minimum Gasteiger partial charge on any atom is -0.264 e. The van der Waals surface area contributed by atoms with Gasteiger partial charge in [0.15, 0.2) is 0 Å². The average Bonchev–Trinajstić information content (AvgIpc) is 2.65. The third-order valence-corrected chi connectivity index (χ3v) is 2.57. The molecule has 78 valence electrons. The lowest BCUT2D eigenvalue weighted by Gasteiger charge is -2.00. The summed E-state index contributed by atoms with van der Waals surface area (Å²) in [7, 11) is 0. The van der Waals surface area contributed by atoms with Crippen LogP contribution in [0.25, 0.3) is 0 Å². The largest absolute Gasteiger partial charge is 0.264 e. The monoisotopic (exact) mass is 266 g/mol. The first-order valence-corrected chi connectivity index (χ1v) is 5.75. The van der Waals surface area contributed by atoms with Gasteiger partial charge in [-0.25, -0.2) is 4.68 Å². The molecule has 0 aliphatic heterocycles. The SMILES string of the molecule is Cc1cncc(Cn2cc(CBr)nn2)c1. The molecule has 0 saturated heterocycles. The van der Waals surface area contributed by atoms with Crippen molar-refractivity contribution in [2.75, 3.05) is 0 Å². The van der Waals surface area contributed by atoms with Gasteiger partial charge >= 0.3 is 0 Å². The normalized spacial score (nSPS) is 10.5. The molecule has 2 aromatic heterocycles. The average molecular weight is 267 g/mol. The van der Waals surface area contributed by atoms with Crippen LogP contribution in [-0.4, -0.2) is 20.0 Å². The fourth-order valence-electron chi connectivity index (χ4n) is 1.37. The molecule has 0 unspecified atom stereocenters. The Labute approximate surface area is 96.5 Å². The van der Waals surface area contributed by atoms with E-state index >= 15 is 0 Å². The van der Waals surface area contributed by atoms with E-state index in [0.717, 1.165) is 22.2 Å². The van der Waals surface area contributed by atoms with E-state index < -0.39 is 0 Å². The van der Waals surface area contributed by atoms with Crippen LogP contribution in [-0.2, 0) is 11.9 Å². The zero-order chi connectivity index (χ0) is 10.7. The summed E-state index contributed by atoms with van der Waals surface area (Å²) >= 11 is 3.34. The van der Waals surface area contributed by atoms with Gasteiger partial charge < -0.3 is 0 Å². The molecule has 0 atom stereocenters. The Kier molecular flexibility index (Phi) is 3.11. The zero-order valence-corrected chi connectivity index (χ0v) is 9.98. The number of alkyl halides is 1. The summed E-state index contributed by atoms with van der Waals surface area (Å²) in [6, 6.07) is 2.10. The second-order valence-electron chi connectivity index (χ2n) is 3.41. The lowest BCUT2D eigenvalue weighted by molar-refractivity contribution is 0.647. The smallest absolute Gasteiger partial charge is 0.0932 e. The van der Waals surface area contributed by atoms with Crippen LogP contribution in [0.4, 0.5) is 0 Å². The van der Waals surface area contributed by atoms with Gasteiger partial charge in [0.25, 0.3) is 0 Å². The summed E-state index contributed by atoms with van der Waals surface area (Å²) in [6.45, 7) is 2.75. The van der Waals surface area contributed by atoms with Crippen molar-refractivity contribution < 1.29 is 0 Å². The number of hydrogen-bond donors (Lipinski definition) is 0. The molecule has 2 heterocycles. The van der Waals surface area contributed by atoms with Gasteiger partial charge in [-0.3, -0.25) is 4.98 Å². The van der Waals surface area contributed by atoms with Crippen molar-refractivity contribution in [3.63, 3.8) is 0 Å². The van der Waals surface area contributed by atoms with Crippen LogP contribution in [0.2, 0.25) is 0 Å². The summed E-state index contributed by atoms with van der Waals surface area (Å²) in [5, 5.41) is 8.75. The highest BCUT2D eigenvalue weighted by Gasteiger charge is 2.00. The first kappa shape index (κ1) is 10.3. The molecule has 4 nitrogen and oxygen atoms in total. The predicted octanol–water partition coefficient (Wildman–Crippen LogP) is 1.92. The molecule has 2 aromatic rings. The molecule has 2 rings (SSSR count). The quantitative estimate of drug-likeness (QED) is 0.798. The van der Waals surface area contributed by atoms with Gasteiger partial charge in [0.05, 0.1) is 12.2 Å². The van der Waals surface area contributed by atoms with Crippen molar-refractivity contribution in [2.45, 2.75) is 18.8 Å². The molecule has 0 radical (unpaired) electrons. The predicted molar refractivity (Wildman–Crippen MR) is 60.7 cm³/mol. The maximum absolute atomic E-state index is 4.14. The summed E-state index contributed by atoms with van der Waals surface area (Å²) in [5.74, 6) is 0. The molecule has 0 saturated carbocycles. The molecule has 0 aliphatic carbocycles. The van der Waals surface area contributed by atoms with E-state index in [1.54, 1.807) is 0 Å². The van der Waals surface area contributed by atoms with Gasteiger partial charge in [0, 0.05) is 23.9 Å². The number of aryl methyl sites for hydroxylation is 1. The Morgan fingerprint density at radius 1 is 1.40 bits per heavy atom. The first-order valence-electron chi connectivity index (χ1n) is 4.63. The zero-order valence-electron chi connectivity index (χ0n) is 8.39. The molecule has 0 aromatic carbocycles. The maximum atomic E-state index is 4.14. The number of hydrogen-bond acceptors (Lipinski definition) is 3. The van der Waals surface area contributed by atoms with E-state index in [4.69, 9.17) is 0 Å². The number of pyridine rings is 1. The van der Waals surface area contributed by atoms with Crippen LogP contribution in [0.1, 0.15) is 16.8 Å². The van der Waals surface area contributed by atoms with Gasteiger partial charge in [0.2, 0.25) is 0 Å². The minimum atomic E-state index is 0.717. The third-order valence-electron chi connectivity index (χ3n) is 2.00. The summed E-state index contributed by atoms with van der Waals surface area (Å²) in [4.78, 5) is 4.14. The van der Waals surface area contributed by atoms with Crippen LogP contribution >= 0.6 is 15.9 Å². The van der Waals surface area contributed by atoms with Gasteiger partial charge in [-0.05, 0) is 18.1 Å². The molecule has 0 bridgehead atoms. The van der Waals surface area contributed by atoms with Crippen molar-refractivity contribution in [3.05, 3.63) is 41.5 Å². The van der Waals surface area contributed by atoms with E-state index in [9.17, 15) is 0 Å². The highest BCUT2D eigenvalue weighted by molar-refractivity contribution is 9.08. The number of halogens is 1. The lowest BCUT2D eigenvalue weighted by atomic mass is 10.2. The van der Waals surface area contributed by atoms with E-state index in [-0.39, 0.29) is 0 Å². The van der Waals surface area contributed by atoms with Crippen LogP contribution in [0.5, 0.6) is 0 Å². The summed E-state index contributed by atoms with van der Waals surface area (Å²) in [5.41, 5.74) is 3.24. The fourth-order valence-corrected chi connectivity index (χ4v) is 1.63. The maximum Gasteiger partial charge on any atom is 0.0932 e. The molecule has 5 heteroatoms. The van der Waals surface area contributed by atoms with Crippen LogP contribution in [0.3, 0.4) is 0 Å². The van der Waals surface area contributed by atoms with Crippen LogP contribution in [0, 0.1) is 6.92 Å². The molecule has 0 amide bonds. The van der Waals surface area contributed by atoms with E-state index in [1.807, 2.05) is 30.2 Å². The van der Waals surface area contributed by atoms with Gasteiger partial charge in [-0.15, -0.1) is 5.10 Å². The summed E-state index contributed by atoms with van der Waals surface area (Å²) in [6.07, 6.45) is 5.62. The number of rotatable bonds is 3. The van der Waals surface area contributed by atoms with Crippen LogP contribution in [0.15, 0.2) is 24.7 Å². The topological polar surface area (TPSA) is 43.6 Å². The Hall–Kier alpha value is -1.23. The molecular formula is C10H11BrN4. The van der Waals surface area contributed by atoms with Crippen molar-refractivity contribution in [3.8, 4) is 0 Å². The Balaban J connectivity index is 2.14. The number of aromatic nitrogens is 4. The van der Waals surface area contributed by atoms with Crippen LogP contribution < -0.4 is 0 Å². The molecule has 0 aliphatic rings. The van der Waals surface area contributed by atoms with E-state index in [0.29, 0.717) is 6.54 Å². The first-order chi connectivity index (χ1) is 7.28. The molecular weight excluding hydrogens is 256 g/mol. The minimum absolute atomic E-state index is 0.717. The van der Waals surface area contributed by atoms with Crippen molar-refractivity contribution in [1.82, 2.24) is 20.0 Å².